The van der Waals surface area contributed by atoms with Gasteiger partial charge in [0.15, 0.2) is 0 Å². The Bertz CT molecular complexity index is 394. The molecule has 114 valence electrons. The predicted octanol–water partition coefficient (Wildman–Crippen LogP) is 2.11. The number of aliphatic hydroxyl groups excluding tert-OH is 1. The number of rotatable bonds is 5. The van der Waals surface area contributed by atoms with Gasteiger partial charge in [0.25, 0.3) is 0 Å². The molecule has 0 aliphatic carbocycles. The fourth-order valence-electron chi connectivity index (χ4n) is 2.61. The second kappa shape index (κ2) is 8.52. The van der Waals surface area contributed by atoms with E-state index in [1.165, 1.54) is 12.1 Å². The molecule has 1 heterocycles. The summed E-state index contributed by atoms with van der Waals surface area (Å²) in [6.45, 7) is 3.57. The molecule has 20 heavy (non-hydrogen) atoms. The molecule has 0 spiro atoms. The van der Waals surface area contributed by atoms with Crippen molar-refractivity contribution in [2.24, 2.45) is 0 Å². The van der Waals surface area contributed by atoms with E-state index in [1.807, 2.05) is 0 Å². The minimum atomic E-state index is -0.542. The summed E-state index contributed by atoms with van der Waals surface area (Å²) in [6, 6.07) is 3.66. The molecule has 1 atom stereocenters. The second-order valence-electron chi connectivity index (χ2n) is 4.87. The van der Waals surface area contributed by atoms with E-state index in [9.17, 15) is 8.78 Å². The third-order valence-electron chi connectivity index (χ3n) is 3.50. The number of aliphatic hydroxyl groups is 1. The van der Waals surface area contributed by atoms with E-state index < -0.39 is 11.6 Å². The molecule has 1 aliphatic rings. The lowest BCUT2D eigenvalue weighted by Crippen LogP contribution is -2.45. The third kappa shape index (κ3) is 4.66. The number of hydrogen-bond donors (Lipinski definition) is 2. The Morgan fingerprint density at radius 3 is 2.30 bits per heavy atom. The van der Waals surface area contributed by atoms with Crippen molar-refractivity contribution in [1.29, 1.82) is 0 Å². The first kappa shape index (κ1) is 17.3. The van der Waals surface area contributed by atoms with Crippen LogP contribution >= 0.6 is 12.4 Å². The zero-order chi connectivity index (χ0) is 13.7. The zero-order valence-electron chi connectivity index (χ0n) is 11.3. The van der Waals surface area contributed by atoms with E-state index in [0.717, 1.165) is 32.2 Å². The average molecular weight is 307 g/mol. The van der Waals surface area contributed by atoms with Gasteiger partial charge in [0.05, 0.1) is 0 Å². The summed E-state index contributed by atoms with van der Waals surface area (Å²) in [6.07, 6.45) is 1.34. The van der Waals surface area contributed by atoms with Gasteiger partial charge in [-0.15, -0.1) is 12.4 Å². The van der Waals surface area contributed by atoms with E-state index in [2.05, 4.69) is 10.2 Å². The highest BCUT2D eigenvalue weighted by Crippen LogP contribution is 2.27. The van der Waals surface area contributed by atoms with Gasteiger partial charge in [-0.3, -0.25) is 4.90 Å². The summed E-state index contributed by atoms with van der Waals surface area (Å²) in [4.78, 5) is 2.22. The largest absolute Gasteiger partial charge is 0.396 e. The number of hydrogen-bond acceptors (Lipinski definition) is 3. The first-order valence-corrected chi connectivity index (χ1v) is 6.72. The van der Waals surface area contributed by atoms with Gasteiger partial charge in [0.2, 0.25) is 0 Å². The van der Waals surface area contributed by atoms with Crippen LogP contribution in [0.4, 0.5) is 8.78 Å². The van der Waals surface area contributed by atoms with Crippen LogP contribution in [0.5, 0.6) is 0 Å². The molecule has 1 aliphatic heterocycles. The van der Waals surface area contributed by atoms with Crippen molar-refractivity contribution in [2.75, 3.05) is 32.8 Å². The highest BCUT2D eigenvalue weighted by Gasteiger charge is 2.22. The first-order valence-electron chi connectivity index (χ1n) is 6.72. The standard InChI is InChI=1S/C14H20F2N2O.ClH/c15-12-8-11(9-13(16)10-12)14(2-1-7-19)18-5-3-17-4-6-18;/h8-10,14,17,19H,1-7H2;1H/t14-;/m1./s1. The van der Waals surface area contributed by atoms with Gasteiger partial charge in [-0.2, -0.15) is 0 Å². The molecule has 0 radical (unpaired) electrons. The fourth-order valence-corrected chi connectivity index (χ4v) is 2.61. The van der Waals surface area contributed by atoms with Gasteiger partial charge >= 0.3 is 0 Å². The molecule has 1 aromatic carbocycles. The second-order valence-corrected chi connectivity index (χ2v) is 4.87. The van der Waals surface area contributed by atoms with E-state index in [-0.39, 0.29) is 25.1 Å². The summed E-state index contributed by atoms with van der Waals surface area (Å²) in [5.41, 5.74) is 0.660. The zero-order valence-corrected chi connectivity index (χ0v) is 12.1. The number of benzene rings is 1. The van der Waals surface area contributed by atoms with E-state index >= 15 is 0 Å². The molecule has 6 heteroatoms. The van der Waals surface area contributed by atoms with Gasteiger partial charge < -0.3 is 10.4 Å². The summed E-state index contributed by atoms with van der Waals surface area (Å²) in [5.74, 6) is -1.08. The molecule has 0 amide bonds. The highest BCUT2D eigenvalue weighted by atomic mass is 35.5. The Hall–Kier alpha value is -0.750. The SMILES string of the molecule is Cl.OCCC[C@H](c1cc(F)cc(F)c1)N1CCNCC1. The Labute approximate surface area is 124 Å². The number of piperazine rings is 1. The minimum Gasteiger partial charge on any atom is -0.396 e. The van der Waals surface area contributed by atoms with E-state index in [1.54, 1.807) is 0 Å². The quantitative estimate of drug-likeness (QED) is 0.874. The van der Waals surface area contributed by atoms with Crippen LogP contribution < -0.4 is 5.32 Å². The molecule has 0 bridgehead atoms. The molecule has 2 rings (SSSR count). The topological polar surface area (TPSA) is 35.5 Å². The highest BCUT2D eigenvalue weighted by molar-refractivity contribution is 5.85. The first-order chi connectivity index (χ1) is 9.20. The van der Waals surface area contributed by atoms with Crippen LogP contribution in [0.1, 0.15) is 24.4 Å². The minimum absolute atomic E-state index is 0. The number of nitrogens with zero attached hydrogens (tertiary/aromatic N) is 1. The van der Waals surface area contributed by atoms with Crippen LogP contribution in [0.2, 0.25) is 0 Å². The van der Waals surface area contributed by atoms with Gasteiger partial charge in [-0.05, 0) is 30.5 Å². The van der Waals surface area contributed by atoms with Crippen molar-refractivity contribution < 1.29 is 13.9 Å². The lowest BCUT2D eigenvalue weighted by Gasteiger charge is -2.35. The Kier molecular flexibility index (Phi) is 7.37. The number of halogens is 3. The molecule has 1 fully saturated rings. The van der Waals surface area contributed by atoms with Crippen LogP contribution in [0.15, 0.2) is 18.2 Å². The van der Waals surface area contributed by atoms with Crippen LogP contribution in [-0.4, -0.2) is 42.8 Å². The smallest absolute Gasteiger partial charge is 0.126 e. The fraction of sp³-hybridized carbons (Fsp3) is 0.571. The van der Waals surface area contributed by atoms with Crippen LogP contribution in [0, 0.1) is 11.6 Å². The van der Waals surface area contributed by atoms with Crippen LogP contribution in [-0.2, 0) is 0 Å². The predicted molar refractivity (Wildman–Crippen MR) is 77.1 cm³/mol. The van der Waals surface area contributed by atoms with Gasteiger partial charge in [-0.25, -0.2) is 8.78 Å². The van der Waals surface area contributed by atoms with Crippen molar-refractivity contribution in [1.82, 2.24) is 10.2 Å². The molecule has 1 saturated heterocycles. The van der Waals surface area contributed by atoms with Gasteiger partial charge in [0.1, 0.15) is 11.6 Å². The molecular formula is C14H21ClF2N2O. The van der Waals surface area contributed by atoms with Gasteiger partial charge in [-0.1, -0.05) is 0 Å². The number of nitrogens with one attached hydrogen (secondary N) is 1. The maximum absolute atomic E-state index is 13.4. The Morgan fingerprint density at radius 2 is 1.75 bits per heavy atom. The molecule has 0 saturated carbocycles. The average Bonchev–Trinajstić information content (AvgIpc) is 2.39. The monoisotopic (exact) mass is 306 g/mol. The maximum atomic E-state index is 13.4. The molecular weight excluding hydrogens is 286 g/mol. The van der Waals surface area contributed by atoms with Crippen molar-refractivity contribution in [2.45, 2.75) is 18.9 Å². The summed E-state index contributed by atoms with van der Waals surface area (Å²) < 4.78 is 26.7. The molecule has 1 aromatic rings. The summed E-state index contributed by atoms with van der Waals surface area (Å²) in [7, 11) is 0. The van der Waals surface area contributed by atoms with Gasteiger partial charge in [0, 0.05) is 44.9 Å². The molecule has 3 nitrogen and oxygen atoms in total. The lowest BCUT2D eigenvalue weighted by molar-refractivity contribution is 0.154. The molecule has 0 aromatic heterocycles. The summed E-state index contributed by atoms with van der Waals surface area (Å²) >= 11 is 0. The van der Waals surface area contributed by atoms with Crippen LogP contribution in [0.25, 0.3) is 0 Å². The van der Waals surface area contributed by atoms with E-state index in [0.29, 0.717) is 18.4 Å². The van der Waals surface area contributed by atoms with Crippen molar-refractivity contribution in [3.8, 4) is 0 Å². The van der Waals surface area contributed by atoms with Crippen molar-refractivity contribution in [3.05, 3.63) is 35.4 Å². The molecule has 2 N–H and O–H groups in total. The third-order valence-corrected chi connectivity index (χ3v) is 3.50. The van der Waals surface area contributed by atoms with Crippen LogP contribution in [0.3, 0.4) is 0 Å². The normalized spacial score (nSPS) is 17.6. The Balaban J connectivity index is 0.00000200. The lowest BCUT2D eigenvalue weighted by atomic mass is 9.99. The molecule has 0 unspecified atom stereocenters. The maximum Gasteiger partial charge on any atom is 0.126 e. The summed E-state index contributed by atoms with van der Waals surface area (Å²) in [5, 5.41) is 12.3. The van der Waals surface area contributed by atoms with Crippen molar-refractivity contribution in [3.63, 3.8) is 0 Å². The Morgan fingerprint density at radius 1 is 1.15 bits per heavy atom. The van der Waals surface area contributed by atoms with E-state index in [4.69, 9.17) is 5.11 Å². The van der Waals surface area contributed by atoms with Crippen molar-refractivity contribution >= 4 is 12.4 Å².